The van der Waals surface area contributed by atoms with Crippen LogP contribution >= 0.6 is 0 Å². The molecular formula is C26H41N3O6. The Bertz CT molecular complexity index is 875. The Morgan fingerprint density at radius 1 is 1.20 bits per heavy atom. The highest BCUT2D eigenvalue weighted by molar-refractivity contribution is 6.23. The molecule has 9 nitrogen and oxygen atoms in total. The molecule has 0 amide bonds. The summed E-state index contributed by atoms with van der Waals surface area (Å²) in [6, 6.07) is 0. The van der Waals surface area contributed by atoms with Crippen molar-refractivity contribution in [1.29, 1.82) is 0 Å². The minimum atomic E-state index is -1.85. The Labute approximate surface area is 207 Å². The summed E-state index contributed by atoms with van der Waals surface area (Å²) in [5, 5.41) is 20.3. The Morgan fingerprint density at radius 3 is 2.57 bits per heavy atom. The highest BCUT2D eigenvalue weighted by atomic mass is 16.7. The first-order valence-electron chi connectivity index (χ1n) is 13.1. The van der Waals surface area contributed by atoms with Crippen molar-refractivity contribution < 1.29 is 29.0 Å². The van der Waals surface area contributed by atoms with Gasteiger partial charge in [-0.25, -0.2) is 4.79 Å². The van der Waals surface area contributed by atoms with Crippen LogP contribution < -0.4 is 16.0 Å². The zero-order valence-corrected chi connectivity index (χ0v) is 21.3. The molecule has 4 fully saturated rings. The first kappa shape index (κ1) is 26.4. The number of Topliss-reactive ketones (excluding diaryl/α,β-unsaturated/α-hetero) is 2. The number of carbonyl (C=O) groups is 3. The number of esters is 1. The second kappa shape index (κ2) is 10.8. The molecule has 4 unspecified atom stereocenters. The first-order chi connectivity index (χ1) is 16.8. The van der Waals surface area contributed by atoms with Crippen molar-refractivity contribution in [1.82, 2.24) is 16.0 Å². The molecule has 0 aromatic carbocycles. The maximum atomic E-state index is 13.7. The van der Waals surface area contributed by atoms with E-state index < -0.39 is 29.0 Å². The molecule has 0 aromatic rings. The van der Waals surface area contributed by atoms with Crippen LogP contribution in [0.5, 0.6) is 0 Å². The number of nitrogens with one attached hydrogen (secondary N) is 3. The second-order valence-electron chi connectivity index (χ2n) is 10.7. The van der Waals surface area contributed by atoms with E-state index in [1.807, 2.05) is 14.0 Å². The van der Waals surface area contributed by atoms with Crippen molar-refractivity contribution in [3.63, 3.8) is 0 Å². The number of aliphatic hydroxyl groups is 1. The molecule has 35 heavy (non-hydrogen) atoms. The van der Waals surface area contributed by atoms with Crippen molar-refractivity contribution >= 4 is 17.5 Å². The topological polar surface area (TPSA) is 129 Å². The van der Waals surface area contributed by atoms with E-state index in [0.717, 1.165) is 57.3 Å². The summed E-state index contributed by atoms with van der Waals surface area (Å²) in [4.78, 5) is 40.0. The fraction of sp³-hybridized carbons (Fsp3) is 0.808. The van der Waals surface area contributed by atoms with E-state index in [2.05, 4.69) is 16.0 Å². The number of allylic oxidation sites excluding steroid dienone is 1. The van der Waals surface area contributed by atoms with E-state index in [1.165, 1.54) is 7.11 Å². The summed E-state index contributed by atoms with van der Waals surface area (Å²) in [7, 11) is 3.13. The predicted octanol–water partition coefficient (Wildman–Crippen LogP) is 1.20. The lowest BCUT2D eigenvalue weighted by Crippen LogP contribution is -2.58. The SMILES string of the molecule is CNCNC1CC(CCC(C)=C(CO)C[C@@]23O[C@]2(C(=O)OC)C(=O)C2CCCCC2C3=O)CCN1. The molecule has 2 aliphatic carbocycles. The Balaban J connectivity index is 1.49. The van der Waals surface area contributed by atoms with Gasteiger partial charge in [0.25, 0.3) is 5.60 Å². The van der Waals surface area contributed by atoms with E-state index in [0.29, 0.717) is 24.3 Å². The fourth-order valence-electron chi connectivity index (χ4n) is 6.61. The monoisotopic (exact) mass is 491 g/mol. The molecule has 2 saturated carbocycles. The third-order valence-corrected chi connectivity index (χ3v) is 8.73. The van der Waals surface area contributed by atoms with Gasteiger partial charge in [0.1, 0.15) is 0 Å². The van der Waals surface area contributed by atoms with Crippen molar-refractivity contribution in [2.45, 2.75) is 82.1 Å². The van der Waals surface area contributed by atoms with Gasteiger partial charge in [-0.15, -0.1) is 0 Å². The average molecular weight is 492 g/mol. The van der Waals surface area contributed by atoms with Crippen LogP contribution in [-0.4, -0.2) is 74.0 Å². The molecular weight excluding hydrogens is 450 g/mol. The highest BCUT2D eigenvalue weighted by Crippen LogP contribution is 2.62. The van der Waals surface area contributed by atoms with Crippen LogP contribution in [0.1, 0.15) is 64.7 Å². The zero-order chi connectivity index (χ0) is 25.2. The molecule has 6 atom stereocenters. The summed E-state index contributed by atoms with van der Waals surface area (Å²) >= 11 is 0. The first-order valence-corrected chi connectivity index (χ1v) is 13.1. The Kier molecular flexibility index (Phi) is 8.12. The third-order valence-electron chi connectivity index (χ3n) is 8.73. The van der Waals surface area contributed by atoms with E-state index in [-0.39, 0.29) is 30.8 Å². The maximum absolute atomic E-state index is 13.7. The van der Waals surface area contributed by atoms with Gasteiger partial charge in [-0.1, -0.05) is 18.4 Å². The summed E-state index contributed by atoms with van der Waals surface area (Å²) in [5.74, 6) is -1.59. The lowest BCUT2D eigenvalue weighted by molar-refractivity contribution is -0.156. The third kappa shape index (κ3) is 4.62. The minimum absolute atomic E-state index is 0.0663. The molecule has 0 spiro atoms. The maximum Gasteiger partial charge on any atom is 0.349 e. The van der Waals surface area contributed by atoms with Crippen molar-refractivity contribution in [2.24, 2.45) is 17.8 Å². The number of fused-ring (bicyclic) bond motifs is 2. The van der Waals surface area contributed by atoms with E-state index in [1.54, 1.807) is 0 Å². The van der Waals surface area contributed by atoms with Gasteiger partial charge >= 0.3 is 5.97 Å². The van der Waals surface area contributed by atoms with E-state index in [9.17, 15) is 19.5 Å². The lowest BCUT2D eigenvalue weighted by atomic mass is 9.60. The molecule has 2 heterocycles. The molecule has 196 valence electrons. The zero-order valence-electron chi connectivity index (χ0n) is 21.3. The number of epoxide rings is 1. The van der Waals surface area contributed by atoms with Crippen LogP contribution in [0.15, 0.2) is 11.1 Å². The number of ketones is 2. The van der Waals surface area contributed by atoms with Gasteiger partial charge in [0, 0.05) is 24.9 Å². The van der Waals surface area contributed by atoms with Gasteiger partial charge in [0.2, 0.25) is 0 Å². The number of aliphatic hydroxyl groups excluding tert-OH is 1. The summed E-state index contributed by atoms with van der Waals surface area (Å²) in [5.41, 5.74) is -1.70. The fourth-order valence-corrected chi connectivity index (χ4v) is 6.61. The Morgan fingerprint density at radius 2 is 1.91 bits per heavy atom. The summed E-state index contributed by atoms with van der Waals surface area (Å²) < 4.78 is 10.9. The molecule has 0 radical (unpaired) electrons. The Hall–Kier alpha value is -1.65. The van der Waals surface area contributed by atoms with E-state index >= 15 is 0 Å². The summed E-state index contributed by atoms with van der Waals surface area (Å²) in [6.45, 7) is 3.44. The molecule has 0 aromatic heterocycles. The lowest BCUT2D eigenvalue weighted by Gasteiger charge is -2.37. The van der Waals surface area contributed by atoms with Crippen LogP contribution in [0.2, 0.25) is 0 Å². The second-order valence-corrected chi connectivity index (χ2v) is 10.7. The molecule has 9 heteroatoms. The minimum Gasteiger partial charge on any atom is -0.466 e. The largest absolute Gasteiger partial charge is 0.466 e. The highest BCUT2D eigenvalue weighted by Gasteiger charge is 2.87. The number of carbonyl (C=O) groups excluding carboxylic acids is 3. The van der Waals surface area contributed by atoms with E-state index in [4.69, 9.17) is 9.47 Å². The van der Waals surface area contributed by atoms with Gasteiger partial charge < -0.3 is 25.2 Å². The van der Waals surface area contributed by atoms with Crippen LogP contribution in [0.4, 0.5) is 0 Å². The smallest absolute Gasteiger partial charge is 0.349 e. The summed E-state index contributed by atoms with van der Waals surface area (Å²) in [6.07, 6.45) is 7.23. The molecule has 4 aliphatic rings. The number of methoxy groups -OCH3 is 1. The average Bonchev–Trinajstić information content (AvgIpc) is 3.59. The molecule has 2 aliphatic heterocycles. The van der Waals surface area contributed by atoms with Crippen LogP contribution in [0.25, 0.3) is 0 Å². The standard InChI is InChI=1S/C26H41N3O6/c1-16(8-9-17-10-11-28-21(12-17)29-15-27-2)18(14-30)13-25-22(31)19-6-4-5-7-20(19)23(32)26(25,35-25)24(33)34-3/h17,19-21,27-30H,4-15H2,1-3H3/t17?,19?,20?,21?,25-,26-/m0/s1. The molecule has 0 bridgehead atoms. The van der Waals surface area contributed by atoms with Crippen LogP contribution in [0.3, 0.4) is 0 Å². The van der Waals surface area contributed by atoms with Gasteiger partial charge in [-0.05, 0) is 70.5 Å². The molecule has 4 rings (SSSR count). The number of hydrogen-bond donors (Lipinski definition) is 4. The molecule has 4 N–H and O–H groups in total. The van der Waals surface area contributed by atoms with Crippen LogP contribution in [0, 0.1) is 17.8 Å². The van der Waals surface area contributed by atoms with Crippen molar-refractivity contribution in [3.8, 4) is 0 Å². The number of ether oxygens (including phenoxy) is 2. The van der Waals surface area contributed by atoms with Gasteiger partial charge in [0.05, 0.1) is 19.9 Å². The van der Waals surface area contributed by atoms with Gasteiger partial charge in [-0.3, -0.25) is 14.9 Å². The molecule has 2 saturated heterocycles. The van der Waals surface area contributed by atoms with Crippen molar-refractivity contribution in [2.75, 3.05) is 34.0 Å². The normalized spacial score (nSPS) is 37.3. The number of piperidine rings is 1. The van der Waals surface area contributed by atoms with Crippen LogP contribution in [-0.2, 0) is 23.9 Å². The van der Waals surface area contributed by atoms with Gasteiger partial charge in [0.15, 0.2) is 17.2 Å². The quantitative estimate of drug-likeness (QED) is 0.117. The van der Waals surface area contributed by atoms with Gasteiger partial charge in [-0.2, -0.15) is 0 Å². The van der Waals surface area contributed by atoms with Crippen molar-refractivity contribution in [3.05, 3.63) is 11.1 Å². The predicted molar refractivity (Wildman–Crippen MR) is 129 cm³/mol. The number of rotatable bonds is 10. The number of hydrogen-bond acceptors (Lipinski definition) is 9.